The molecule has 1 aromatic rings. The quantitative estimate of drug-likeness (QED) is 0.788. The molecule has 4 rings (SSSR count). The first-order valence-corrected chi connectivity index (χ1v) is 8.89. The van der Waals surface area contributed by atoms with Crippen LogP contribution in [0, 0.1) is 11.3 Å². The summed E-state index contributed by atoms with van der Waals surface area (Å²) in [6, 6.07) is 12.9. The maximum absolute atomic E-state index is 9.42. The summed E-state index contributed by atoms with van der Waals surface area (Å²) in [6.45, 7) is 11.4. The summed E-state index contributed by atoms with van der Waals surface area (Å²) in [5.74, 6) is 0. The largest absolute Gasteiger partial charge is 0.344 e. The highest BCUT2D eigenvalue weighted by molar-refractivity contribution is 5.19. The van der Waals surface area contributed by atoms with E-state index >= 15 is 0 Å². The number of rotatable bonds is 3. The molecule has 0 aliphatic carbocycles. The van der Waals surface area contributed by atoms with Crippen molar-refractivity contribution in [3.63, 3.8) is 0 Å². The van der Waals surface area contributed by atoms with E-state index in [0.29, 0.717) is 11.9 Å². The molecule has 24 heavy (non-hydrogen) atoms. The van der Waals surface area contributed by atoms with Gasteiger partial charge in [-0.15, -0.1) is 0 Å². The van der Waals surface area contributed by atoms with Crippen molar-refractivity contribution in [1.29, 1.82) is 5.26 Å². The number of hydrogen-bond donors (Lipinski definition) is 0. The van der Waals surface area contributed by atoms with Crippen molar-refractivity contribution in [3.8, 4) is 6.07 Å². The molecule has 1 aromatic carbocycles. The van der Waals surface area contributed by atoms with E-state index in [0.717, 1.165) is 32.7 Å². The van der Waals surface area contributed by atoms with Crippen LogP contribution in [0.4, 0.5) is 0 Å². The van der Waals surface area contributed by atoms with Crippen molar-refractivity contribution in [3.05, 3.63) is 48.2 Å². The molecule has 5 nitrogen and oxygen atoms in total. The third-order valence-electron chi connectivity index (χ3n) is 5.61. The third kappa shape index (κ3) is 2.71. The summed E-state index contributed by atoms with van der Waals surface area (Å²) >= 11 is 0. The number of allylic oxidation sites excluding steroid dienone is 1. The zero-order chi connectivity index (χ0) is 16.5. The van der Waals surface area contributed by atoms with Gasteiger partial charge in [0.15, 0.2) is 0 Å². The fourth-order valence-corrected chi connectivity index (χ4v) is 4.49. The Kier molecular flexibility index (Phi) is 4.28. The van der Waals surface area contributed by atoms with Crippen LogP contribution in [0.15, 0.2) is 42.6 Å². The maximum Gasteiger partial charge on any atom is 0.117 e. The summed E-state index contributed by atoms with van der Waals surface area (Å²) in [5.41, 5.74) is 1.94. The van der Waals surface area contributed by atoms with E-state index in [2.05, 4.69) is 62.6 Å². The Bertz CT molecular complexity index is 631. The second-order valence-corrected chi connectivity index (χ2v) is 6.96. The van der Waals surface area contributed by atoms with Gasteiger partial charge in [0.1, 0.15) is 17.9 Å². The summed E-state index contributed by atoms with van der Waals surface area (Å²) in [4.78, 5) is 9.98. The highest BCUT2D eigenvalue weighted by Gasteiger charge is 2.47. The van der Waals surface area contributed by atoms with Crippen LogP contribution in [0.2, 0.25) is 0 Å². The molecule has 3 fully saturated rings. The molecule has 0 saturated carbocycles. The summed E-state index contributed by atoms with van der Waals surface area (Å²) in [7, 11) is 0. The molecule has 0 bridgehead atoms. The van der Waals surface area contributed by atoms with Crippen LogP contribution in [0.25, 0.3) is 0 Å². The van der Waals surface area contributed by atoms with Crippen LogP contribution in [-0.4, -0.2) is 71.2 Å². The Morgan fingerprint density at radius 1 is 1.00 bits per heavy atom. The zero-order valence-electron chi connectivity index (χ0n) is 14.1. The maximum atomic E-state index is 9.42. The lowest BCUT2D eigenvalue weighted by atomic mass is 10.0. The lowest BCUT2D eigenvalue weighted by Crippen LogP contribution is -2.75. The average Bonchev–Trinajstić information content (AvgIpc) is 2.64. The molecule has 3 aliphatic rings. The molecule has 0 radical (unpaired) electrons. The Balaban J connectivity index is 1.64. The molecule has 0 unspecified atom stereocenters. The molecule has 3 saturated heterocycles. The Morgan fingerprint density at radius 2 is 1.71 bits per heavy atom. The van der Waals surface area contributed by atoms with E-state index in [4.69, 9.17) is 0 Å². The van der Waals surface area contributed by atoms with E-state index in [1.807, 2.05) is 0 Å². The minimum absolute atomic E-state index is 0.222. The topological polar surface area (TPSA) is 36.8 Å². The zero-order valence-corrected chi connectivity index (χ0v) is 14.1. The lowest BCUT2D eigenvalue weighted by Gasteiger charge is -2.60. The van der Waals surface area contributed by atoms with Crippen LogP contribution >= 0.6 is 0 Å². The molecule has 2 atom stereocenters. The smallest absolute Gasteiger partial charge is 0.117 e. The Labute approximate surface area is 144 Å². The molecule has 5 heteroatoms. The van der Waals surface area contributed by atoms with E-state index < -0.39 is 0 Å². The Morgan fingerprint density at radius 3 is 2.42 bits per heavy atom. The van der Waals surface area contributed by atoms with Gasteiger partial charge in [0.25, 0.3) is 0 Å². The van der Waals surface area contributed by atoms with Crippen LogP contribution in [0.5, 0.6) is 0 Å². The van der Waals surface area contributed by atoms with Crippen molar-refractivity contribution >= 4 is 0 Å². The van der Waals surface area contributed by atoms with Crippen molar-refractivity contribution in [2.75, 3.05) is 39.3 Å². The highest BCUT2D eigenvalue weighted by atomic mass is 15.5. The van der Waals surface area contributed by atoms with Gasteiger partial charge in [-0.3, -0.25) is 14.7 Å². The second-order valence-electron chi connectivity index (χ2n) is 6.96. The summed E-state index contributed by atoms with van der Waals surface area (Å²) in [5, 5.41) is 9.42. The SMILES string of the molecule is C=C(C#N)N1CCN2CCCN3CCN(Cc4ccccc4)[C@@H]1[C@H]32. The summed E-state index contributed by atoms with van der Waals surface area (Å²) < 4.78 is 0. The first kappa shape index (κ1) is 15.6. The lowest BCUT2D eigenvalue weighted by molar-refractivity contribution is -0.158. The van der Waals surface area contributed by atoms with Crippen LogP contribution < -0.4 is 0 Å². The van der Waals surface area contributed by atoms with Crippen LogP contribution in [-0.2, 0) is 6.54 Å². The normalized spacial score (nSPS) is 28.2. The van der Waals surface area contributed by atoms with Gasteiger partial charge in [-0.2, -0.15) is 5.26 Å². The third-order valence-corrected chi connectivity index (χ3v) is 5.61. The monoisotopic (exact) mass is 323 g/mol. The van der Waals surface area contributed by atoms with Gasteiger partial charge < -0.3 is 4.90 Å². The fourth-order valence-electron chi connectivity index (χ4n) is 4.49. The second kappa shape index (κ2) is 6.56. The van der Waals surface area contributed by atoms with Crippen molar-refractivity contribution < 1.29 is 0 Å². The van der Waals surface area contributed by atoms with E-state index in [9.17, 15) is 5.26 Å². The first-order valence-electron chi connectivity index (χ1n) is 8.89. The van der Waals surface area contributed by atoms with Gasteiger partial charge in [0.2, 0.25) is 0 Å². The first-order chi connectivity index (χ1) is 11.8. The van der Waals surface area contributed by atoms with Gasteiger partial charge in [-0.1, -0.05) is 36.9 Å². The molecule has 0 aromatic heterocycles. The number of piperazine rings is 2. The molecular weight excluding hydrogens is 298 g/mol. The molecule has 0 N–H and O–H groups in total. The average molecular weight is 323 g/mol. The van der Waals surface area contributed by atoms with E-state index in [1.165, 1.54) is 25.1 Å². The number of benzene rings is 1. The highest BCUT2D eigenvalue weighted by Crippen LogP contribution is 2.32. The number of hydrogen-bond acceptors (Lipinski definition) is 5. The molecule has 3 aliphatic heterocycles. The molecule has 126 valence electrons. The minimum Gasteiger partial charge on any atom is -0.344 e. The molecule has 3 heterocycles. The standard InChI is InChI=1S/C19H25N5/c1-16(14-20)24-13-12-22-9-5-8-21-10-11-23(19(24)18(21)22)15-17-6-3-2-4-7-17/h2-4,6-7,18-19H,1,5,8-13,15H2/t18-,19+/m1/s1. The molecular formula is C19H25N5. The molecule has 0 amide bonds. The van der Waals surface area contributed by atoms with Gasteiger partial charge >= 0.3 is 0 Å². The van der Waals surface area contributed by atoms with Gasteiger partial charge in [0.05, 0.1) is 6.17 Å². The van der Waals surface area contributed by atoms with Crippen molar-refractivity contribution in [2.24, 2.45) is 0 Å². The van der Waals surface area contributed by atoms with Gasteiger partial charge in [-0.05, 0) is 12.0 Å². The van der Waals surface area contributed by atoms with Gasteiger partial charge in [-0.25, -0.2) is 0 Å². The van der Waals surface area contributed by atoms with Crippen molar-refractivity contribution in [2.45, 2.75) is 25.3 Å². The number of nitrogens with zero attached hydrogens (tertiary/aromatic N) is 5. The molecule has 0 spiro atoms. The summed E-state index contributed by atoms with van der Waals surface area (Å²) in [6.07, 6.45) is 1.86. The predicted molar refractivity (Wildman–Crippen MR) is 93.7 cm³/mol. The fraction of sp³-hybridized carbons (Fsp3) is 0.526. The van der Waals surface area contributed by atoms with Crippen LogP contribution in [0.3, 0.4) is 0 Å². The number of nitriles is 1. The van der Waals surface area contributed by atoms with Crippen LogP contribution in [0.1, 0.15) is 12.0 Å². The Hall–Kier alpha value is -1.87. The predicted octanol–water partition coefficient (Wildman–Crippen LogP) is 1.51. The minimum atomic E-state index is 0.222. The van der Waals surface area contributed by atoms with Gasteiger partial charge in [0, 0.05) is 45.8 Å². The van der Waals surface area contributed by atoms with E-state index in [1.54, 1.807) is 0 Å². The van der Waals surface area contributed by atoms with Crippen molar-refractivity contribution in [1.82, 2.24) is 19.6 Å². The van der Waals surface area contributed by atoms with E-state index in [-0.39, 0.29) is 6.17 Å².